The summed E-state index contributed by atoms with van der Waals surface area (Å²) in [6, 6.07) is 0.771. The third kappa shape index (κ3) is 4.81. The van der Waals surface area contributed by atoms with Gasteiger partial charge in [-0.3, -0.25) is 4.90 Å². The molecule has 20 heavy (non-hydrogen) atoms. The van der Waals surface area contributed by atoms with E-state index in [1.165, 1.54) is 50.4 Å². The minimum atomic E-state index is 0.755. The van der Waals surface area contributed by atoms with Crippen molar-refractivity contribution in [1.29, 1.82) is 0 Å². The summed E-state index contributed by atoms with van der Waals surface area (Å²) < 4.78 is 2.15. The molecular formula is C16H29N3S. The first-order valence-corrected chi connectivity index (χ1v) is 9.03. The Morgan fingerprint density at radius 3 is 2.95 bits per heavy atom. The Balaban J connectivity index is 1.79. The lowest BCUT2D eigenvalue weighted by Crippen LogP contribution is -2.41. The normalized spacial score (nSPS) is 20.7. The molecule has 0 aliphatic carbocycles. The molecule has 1 aliphatic rings. The molecule has 4 heteroatoms. The standard InChI is InChI=1S/C16H29N3S/c1-14(2)20-13-12-19-10-5-4-6-15(19)7-8-16-17-9-11-18(16)3/h9,11,14-15H,4-8,10,12-13H2,1-3H3. The molecule has 0 aromatic carbocycles. The van der Waals surface area contributed by atoms with Gasteiger partial charge in [-0.2, -0.15) is 11.8 Å². The van der Waals surface area contributed by atoms with E-state index >= 15 is 0 Å². The van der Waals surface area contributed by atoms with Crippen molar-refractivity contribution < 1.29 is 0 Å². The number of piperidine rings is 1. The molecule has 0 amide bonds. The van der Waals surface area contributed by atoms with E-state index in [4.69, 9.17) is 0 Å². The van der Waals surface area contributed by atoms with Gasteiger partial charge in [-0.1, -0.05) is 20.3 Å². The van der Waals surface area contributed by atoms with Crippen LogP contribution in [-0.4, -0.2) is 44.6 Å². The molecule has 114 valence electrons. The second kappa shape index (κ2) is 8.08. The van der Waals surface area contributed by atoms with Gasteiger partial charge in [0.25, 0.3) is 0 Å². The molecular weight excluding hydrogens is 266 g/mol. The fraction of sp³-hybridized carbons (Fsp3) is 0.812. The summed E-state index contributed by atoms with van der Waals surface area (Å²) in [7, 11) is 2.10. The minimum absolute atomic E-state index is 0.755. The number of hydrogen-bond acceptors (Lipinski definition) is 3. The van der Waals surface area contributed by atoms with E-state index in [0.717, 1.165) is 17.7 Å². The summed E-state index contributed by atoms with van der Waals surface area (Å²) in [6.45, 7) is 7.14. The maximum atomic E-state index is 4.45. The van der Waals surface area contributed by atoms with E-state index < -0.39 is 0 Å². The number of nitrogens with zero attached hydrogens (tertiary/aromatic N) is 3. The van der Waals surface area contributed by atoms with E-state index in [1.54, 1.807) is 0 Å². The summed E-state index contributed by atoms with van der Waals surface area (Å²) in [5, 5.41) is 0.755. The Labute approximate surface area is 128 Å². The summed E-state index contributed by atoms with van der Waals surface area (Å²) in [5.41, 5.74) is 0. The molecule has 1 fully saturated rings. The summed E-state index contributed by atoms with van der Waals surface area (Å²) in [4.78, 5) is 7.17. The molecule has 0 spiro atoms. The second-order valence-electron chi connectivity index (χ2n) is 6.10. The molecule has 1 aromatic heterocycles. The predicted molar refractivity (Wildman–Crippen MR) is 88.3 cm³/mol. The lowest BCUT2D eigenvalue weighted by Gasteiger charge is -2.35. The van der Waals surface area contributed by atoms with Crippen molar-refractivity contribution >= 4 is 11.8 Å². The zero-order chi connectivity index (χ0) is 14.4. The fourth-order valence-electron chi connectivity index (χ4n) is 3.02. The highest BCUT2D eigenvalue weighted by Crippen LogP contribution is 2.22. The third-order valence-corrected chi connectivity index (χ3v) is 5.29. The Morgan fingerprint density at radius 2 is 2.25 bits per heavy atom. The van der Waals surface area contributed by atoms with Gasteiger partial charge in [0.15, 0.2) is 0 Å². The van der Waals surface area contributed by atoms with Gasteiger partial charge in [0.05, 0.1) is 0 Å². The van der Waals surface area contributed by atoms with Crippen molar-refractivity contribution in [2.45, 2.75) is 57.2 Å². The molecule has 0 N–H and O–H groups in total. The lowest BCUT2D eigenvalue weighted by molar-refractivity contribution is 0.149. The number of hydrogen-bond donors (Lipinski definition) is 0. The topological polar surface area (TPSA) is 21.1 Å². The van der Waals surface area contributed by atoms with Gasteiger partial charge in [0.2, 0.25) is 0 Å². The van der Waals surface area contributed by atoms with Gasteiger partial charge in [0, 0.05) is 44.2 Å². The molecule has 0 radical (unpaired) electrons. The molecule has 2 heterocycles. The van der Waals surface area contributed by atoms with Crippen molar-refractivity contribution in [1.82, 2.24) is 14.5 Å². The zero-order valence-electron chi connectivity index (χ0n) is 13.2. The van der Waals surface area contributed by atoms with Crippen molar-refractivity contribution in [3.63, 3.8) is 0 Å². The van der Waals surface area contributed by atoms with Crippen LogP contribution in [0.1, 0.15) is 45.4 Å². The quantitative estimate of drug-likeness (QED) is 0.770. The zero-order valence-corrected chi connectivity index (χ0v) is 14.0. The molecule has 3 nitrogen and oxygen atoms in total. The van der Waals surface area contributed by atoms with E-state index in [2.05, 4.69) is 47.1 Å². The van der Waals surface area contributed by atoms with E-state index in [1.807, 2.05) is 12.4 Å². The predicted octanol–water partition coefficient (Wildman–Crippen LogP) is 3.35. The molecule has 0 saturated carbocycles. The number of rotatable bonds is 7. The van der Waals surface area contributed by atoms with Gasteiger partial charge in [0.1, 0.15) is 5.82 Å². The highest BCUT2D eigenvalue weighted by Gasteiger charge is 2.22. The first-order valence-electron chi connectivity index (χ1n) is 7.98. The number of aromatic nitrogens is 2. The third-order valence-electron chi connectivity index (χ3n) is 4.20. The van der Waals surface area contributed by atoms with E-state index in [0.29, 0.717) is 0 Å². The van der Waals surface area contributed by atoms with Crippen LogP contribution in [0, 0.1) is 0 Å². The van der Waals surface area contributed by atoms with Crippen LogP contribution < -0.4 is 0 Å². The number of imidazole rings is 1. The van der Waals surface area contributed by atoms with E-state index in [-0.39, 0.29) is 0 Å². The van der Waals surface area contributed by atoms with Crippen LogP contribution in [0.3, 0.4) is 0 Å². The first kappa shape index (κ1) is 15.9. The van der Waals surface area contributed by atoms with Crippen LogP contribution in [0.5, 0.6) is 0 Å². The van der Waals surface area contributed by atoms with Crippen LogP contribution >= 0.6 is 11.8 Å². The van der Waals surface area contributed by atoms with Gasteiger partial charge in [-0.25, -0.2) is 4.98 Å². The fourth-order valence-corrected chi connectivity index (χ4v) is 3.83. The smallest absolute Gasteiger partial charge is 0.108 e. The Bertz CT molecular complexity index is 389. The minimum Gasteiger partial charge on any atom is -0.338 e. The molecule has 0 bridgehead atoms. The van der Waals surface area contributed by atoms with Crippen LogP contribution in [0.2, 0.25) is 0 Å². The number of aryl methyl sites for hydroxylation is 2. The van der Waals surface area contributed by atoms with Crippen LogP contribution in [-0.2, 0) is 13.5 Å². The van der Waals surface area contributed by atoms with Crippen molar-refractivity contribution in [3.8, 4) is 0 Å². The van der Waals surface area contributed by atoms with Gasteiger partial charge >= 0.3 is 0 Å². The Hall–Kier alpha value is -0.480. The first-order chi connectivity index (χ1) is 9.66. The summed E-state index contributed by atoms with van der Waals surface area (Å²) >= 11 is 2.09. The molecule has 1 atom stereocenters. The largest absolute Gasteiger partial charge is 0.338 e. The summed E-state index contributed by atoms with van der Waals surface area (Å²) in [6.07, 6.45) is 10.5. The average molecular weight is 295 g/mol. The molecule has 1 unspecified atom stereocenters. The molecule has 2 rings (SSSR count). The van der Waals surface area contributed by atoms with Crippen LogP contribution in [0.15, 0.2) is 12.4 Å². The van der Waals surface area contributed by atoms with E-state index in [9.17, 15) is 0 Å². The number of likely N-dealkylation sites (tertiary alicyclic amines) is 1. The second-order valence-corrected chi connectivity index (χ2v) is 7.78. The maximum Gasteiger partial charge on any atom is 0.108 e. The van der Waals surface area contributed by atoms with Crippen LogP contribution in [0.4, 0.5) is 0 Å². The van der Waals surface area contributed by atoms with Crippen molar-refractivity contribution in [2.75, 3.05) is 18.8 Å². The van der Waals surface area contributed by atoms with Gasteiger partial charge in [-0.15, -0.1) is 0 Å². The highest BCUT2D eigenvalue weighted by atomic mass is 32.2. The average Bonchev–Trinajstić information content (AvgIpc) is 2.83. The lowest BCUT2D eigenvalue weighted by atomic mass is 9.98. The SMILES string of the molecule is CC(C)SCCN1CCCCC1CCc1nccn1C. The van der Waals surface area contributed by atoms with Crippen LogP contribution in [0.25, 0.3) is 0 Å². The number of thioether (sulfide) groups is 1. The Kier molecular flexibility index (Phi) is 6.43. The van der Waals surface area contributed by atoms with Gasteiger partial charge in [-0.05, 0) is 31.1 Å². The van der Waals surface area contributed by atoms with Crippen molar-refractivity contribution in [3.05, 3.63) is 18.2 Å². The molecule has 1 aliphatic heterocycles. The molecule has 1 aromatic rings. The maximum absolute atomic E-state index is 4.45. The highest BCUT2D eigenvalue weighted by molar-refractivity contribution is 7.99. The summed E-state index contributed by atoms with van der Waals surface area (Å²) in [5.74, 6) is 2.50. The van der Waals surface area contributed by atoms with Crippen molar-refractivity contribution in [2.24, 2.45) is 7.05 Å². The molecule has 1 saturated heterocycles. The van der Waals surface area contributed by atoms with Gasteiger partial charge < -0.3 is 4.57 Å². The monoisotopic (exact) mass is 295 g/mol. The Morgan fingerprint density at radius 1 is 1.40 bits per heavy atom.